The zero-order chi connectivity index (χ0) is 25.8. The van der Waals surface area contributed by atoms with Crippen molar-refractivity contribution in [3.8, 4) is 5.75 Å². The highest BCUT2D eigenvalue weighted by Gasteiger charge is 2.64. The molecule has 0 heterocycles. The molecule has 1 aromatic carbocycles. The third-order valence-electron chi connectivity index (χ3n) is 7.24. The maximum Gasteiger partial charge on any atom is 0.255 e. The number of ketones is 2. The number of aromatic hydroxyl groups is 1. The molecule has 0 saturated heterocycles. The molecule has 1 amide bonds. The van der Waals surface area contributed by atoms with Gasteiger partial charge in [-0.2, -0.15) is 0 Å². The normalized spacial score (nSPS) is 28.2. The number of aliphatic hydroxyl groups is 3. The summed E-state index contributed by atoms with van der Waals surface area (Å²) in [5.74, 6) is -6.58. The molecule has 0 aliphatic heterocycles. The van der Waals surface area contributed by atoms with Crippen LogP contribution < -0.4 is 11.1 Å². The number of carbonyl (C=O) groups is 3. The highest BCUT2D eigenvalue weighted by molar-refractivity contribution is 6.24. The summed E-state index contributed by atoms with van der Waals surface area (Å²) in [6.45, 7) is 0.467. The SMILES string of the molecule is COCNCc1ccc2c(c1O)C(O)=C1C(=O)[C@]3(O)C(O)=C(C(N)=O)C(=O)[C@@H](N(C)C)[C@@H]3C[C@@H]1C2. The Kier molecular flexibility index (Phi) is 6.22. The Morgan fingerprint density at radius 1 is 1.26 bits per heavy atom. The highest BCUT2D eigenvalue weighted by Crippen LogP contribution is 2.52. The number of Topliss-reactive ketones (excluding diaryl/α,β-unsaturated/α-hetero) is 2. The Morgan fingerprint density at radius 3 is 2.54 bits per heavy atom. The first-order valence-electron chi connectivity index (χ1n) is 11.1. The number of carbonyl (C=O) groups excluding carboxylic acids is 3. The van der Waals surface area contributed by atoms with Crippen LogP contribution in [-0.4, -0.2) is 82.4 Å². The first-order valence-corrected chi connectivity index (χ1v) is 11.1. The van der Waals surface area contributed by atoms with Crippen molar-refractivity contribution in [3.63, 3.8) is 0 Å². The first-order chi connectivity index (χ1) is 16.5. The highest BCUT2D eigenvalue weighted by atomic mass is 16.5. The van der Waals surface area contributed by atoms with Gasteiger partial charge < -0.3 is 30.9 Å². The fraction of sp³-hybridized carbons (Fsp3) is 0.458. The van der Waals surface area contributed by atoms with E-state index in [1.165, 1.54) is 12.0 Å². The Hall–Kier alpha value is -3.25. The summed E-state index contributed by atoms with van der Waals surface area (Å²) in [7, 11) is 4.63. The van der Waals surface area contributed by atoms with E-state index in [-0.39, 0.29) is 43.0 Å². The lowest BCUT2D eigenvalue weighted by atomic mass is 9.57. The summed E-state index contributed by atoms with van der Waals surface area (Å²) >= 11 is 0. The van der Waals surface area contributed by atoms with Crippen LogP contribution >= 0.6 is 0 Å². The molecule has 4 rings (SSSR count). The van der Waals surface area contributed by atoms with Crippen LogP contribution in [0.15, 0.2) is 29.0 Å². The zero-order valence-corrected chi connectivity index (χ0v) is 19.7. The predicted octanol–water partition coefficient (Wildman–Crippen LogP) is -0.342. The molecule has 1 aromatic rings. The second-order valence-electron chi connectivity index (χ2n) is 9.43. The molecule has 0 radical (unpaired) electrons. The van der Waals surface area contributed by atoms with E-state index >= 15 is 0 Å². The van der Waals surface area contributed by atoms with Gasteiger partial charge in [0.25, 0.3) is 5.91 Å². The van der Waals surface area contributed by atoms with Crippen LogP contribution in [0.2, 0.25) is 0 Å². The molecule has 7 N–H and O–H groups in total. The molecule has 0 aromatic heterocycles. The van der Waals surface area contributed by atoms with Crippen molar-refractivity contribution in [2.45, 2.75) is 31.0 Å². The van der Waals surface area contributed by atoms with Crippen LogP contribution in [0.4, 0.5) is 0 Å². The average molecular weight is 488 g/mol. The van der Waals surface area contributed by atoms with E-state index in [1.807, 2.05) is 0 Å². The van der Waals surface area contributed by atoms with Crippen LogP contribution in [-0.2, 0) is 32.1 Å². The van der Waals surface area contributed by atoms with E-state index < -0.39 is 58.0 Å². The summed E-state index contributed by atoms with van der Waals surface area (Å²) in [4.78, 5) is 40.3. The van der Waals surface area contributed by atoms with Crippen LogP contribution in [0, 0.1) is 11.8 Å². The van der Waals surface area contributed by atoms with E-state index in [1.54, 1.807) is 26.2 Å². The Bertz CT molecular complexity index is 1190. The number of nitrogens with two attached hydrogens (primary N) is 1. The number of phenols is 1. The molecule has 11 heteroatoms. The minimum absolute atomic E-state index is 0.0592. The van der Waals surface area contributed by atoms with Crippen LogP contribution in [0.25, 0.3) is 5.76 Å². The molecular weight excluding hydrogens is 458 g/mol. The monoisotopic (exact) mass is 487 g/mol. The fourth-order valence-electron chi connectivity index (χ4n) is 5.69. The van der Waals surface area contributed by atoms with Gasteiger partial charge in [-0.1, -0.05) is 12.1 Å². The number of rotatable bonds is 6. The molecule has 1 saturated carbocycles. The summed E-state index contributed by atoms with van der Waals surface area (Å²) in [6, 6.07) is 2.35. The van der Waals surface area contributed by atoms with Crippen molar-refractivity contribution < 1.29 is 39.5 Å². The Labute approximate surface area is 201 Å². The molecule has 35 heavy (non-hydrogen) atoms. The van der Waals surface area contributed by atoms with Crippen molar-refractivity contribution in [2.24, 2.45) is 17.6 Å². The number of ether oxygens (including phenoxy) is 1. The summed E-state index contributed by atoms with van der Waals surface area (Å²) in [5, 5.41) is 47.4. The molecule has 11 nitrogen and oxygen atoms in total. The van der Waals surface area contributed by atoms with Gasteiger partial charge >= 0.3 is 0 Å². The van der Waals surface area contributed by atoms with Crippen molar-refractivity contribution in [1.29, 1.82) is 0 Å². The number of nitrogens with one attached hydrogen (secondary N) is 1. The Morgan fingerprint density at radius 2 is 1.94 bits per heavy atom. The molecule has 0 unspecified atom stereocenters. The van der Waals surface area contributed by atoms with Gasteiger partial charge in [0.15, 0.2) is 11.4 Å². The maximum atomic E-state index is 13.7. The van der Waals surface area contributed by atoms with Crippen molar-refractivity contribution in [1.82, 2.24) is 10.2 Å². The van der Waals surface area contributed by atoms with Gasteiger partial charge in [-0.15, -0.1) is 0 Å². The summed E-state index contributed by atoms with van der Waals surface area (Å²) in [6.07, 6.45) is 0.317. The van der Waals surface area contributed by atoms with Crippen molar-refractivity contribution in [2.75, 3.05) is 27.9 Å². The van der Waals surface area contributed by atoms with E-state index in [0.717, 1.165) is 0 Å². The predicted molar refractivity (Wildman–Crippen MR) is 123 cm³/mol. The second kappa shape index (κ2) is 8.76. The van der Waals surface area contributed by atoms with Crippen molar-refractivity contribution in [3.05, 3.63) is 45.7 Å². The van der Waals surface area contributed by atoms with E-state index in [2.05, 4.69) is 5.32 Å². The van der Waals surface area contributed by atoms with Crippen LogP contribution in [0.1, 0.15) is 23.1 Å². The molecule has 188 valence electrons. The number of likely N-dealkylation sites (N-methyl/N-ethyl adjacent to an activating group) is 1. The number of amides is 1. The molecule has 3 aliphatic carbocycles. The van der Waals surface area contributed by atoms with Gasteiger partial charge in [-0.25, -0.2) is 0 Å². The molecular formula is C24H29N3O8. The van der Waals surface area contributed by atoms with Gasteiger partial charge in [0.2, 0.25) is 5.78 Å². The Balaban J connectivity index is 1.88. The second-order valence-corrected chi connectivity index (χ2v) is 9.43. The maximum absolute atomic E-state index is 13.7. The molecule has 4 atom stereocenters. The number of hydrogen-bond acceptors (Lipinski definition) is 10. The number of phenolic OH excluding ortho intramolecular Hbond substituents is 1. The minimum Gasteiger partial charge on any atom is -0.508 e. The number of primary amides is 1. The van der Waals surface area contributed by atoms with E-state index in [0.29, 0.717) is 11.1 Å². The molecule has 3 aliphatic rings. The van der Waals surface area contributed by atoms with E-state index in [9.17, 15) is 34.8 Å². The molecule has 0 spiro atoms. The molecule has 1 fully saturated rings. The summed E-state index contributed by atoms with van der Waals surface area (Å²) in [5.41, 5.74) is 2.80. The number of aliphatic hydroxyl groups excluding tert-OH is 2. The first kappa shape index (κ1) is 24.9. The lowest BCUT2D eigenvalue weighted by Gasteiger charge is -2.50. The van der Waals surface area contributed by atoms with Crippen LogP contribution in [0.3, 0.4) is 0 Å². The third-order valence-corrected chi connectivity index (χ3v) is 7.24. The van der Waals surface area contributed by atoms with Gasteiger partial charge in [0, 0.05) is 30.7 Å². The number of nitrogens with zero attached hydrogens (tertiary/aromatic N) is 1. The standard InChI is InChI=1S/C24H29N3O8/c1-27(2)17-13-7-12-6-10-4-5-11(8-26-9-35-3)18(28)14(10)19(29)15(12)21(31)24(13,34)22(32)16(20(17)30)23(25)33/h4-5,12-13,17,26,28-29,32,34H,6-9H2,1-3H3,(H2,25,33)/t12-,13-,17-,24-/m0/s1. The topological polar surface area (TPSA) is 183 Å². The lowest BCUT2D eigenvalue weighted by Crippen LogP contribution is -2.65. The number of hydrogen-bond donors (Lipinski definition) is 6. The van der Waals surface area contributed by atoms with Crippen LogP contribution in [0.5, 0.6) is 5.75 Å². The van der Waals surface area contributed by atoms with E-state index in [4.69, 9.17) is 10.5 Å². The number of benzene rings is 1. The third kappa shape index (κ3) is 3.54. The zero-order valence-electron chi connectivity index (χ0n) is 19.7. The molecule has 0 bridgehead atoms. The number of fused-ring (bicyclic) bond motifs is 3. The summed E-state index contributed by atoms with van der Waals surface area (Å²) < 4.78 is 4.94. The number of methoxy groups -OCH3 is 1. The van der Waals surface area contributed by atoms with Gasteiger partial charge in [0.05, 0.1) is 18.3 Å². The quantitative estimate of drug-likeness (QED) is 0.176. The largest absolute Gasteiger partial charge is 0.508 e. The average Bonchev–Trinajstić information content (AvgIpc) is 2.77. The minimum atomic E-state index is -2.64. The van der Waals surface area contributed by atoms with Gasteiger partial charge in [-0.3, -0.25) is 24.6 Å². The fourth-order valence-corrected chi connectivity index (χ4v) is 5.69. The smallest absolute Gasteiger partial charge is 0.255 e. The van der Waals surface area contributed by atoms with Gasteiger partial charge in [-0.05, 0) is 38.4 Å². The lowest BCUT2D eigenvalue weighted by molar-refractivity contribution is -0.153. The van der Waals surface area contributed by atoms with Crippen molar-refractivity contribution >= 4 is 23.2 Å². The van der Waals surface area contributed by atoms with Gasteiger partial charge in [0.1, 0.15) is 22.8 Å².